The number of fused-ring (bicyclic) bond motifs is 1. The third-order valence-corrected chi connectivity index (χ3v) is 4.95. The van der Waals surface area contributed by atoms with Gasteiger partial charge in [-0.3, -0.25) is 9.78 Å². The summed E-state index contributed by atoms with van der Waals surface area (Å²) in [7, 11) is 3.13. The summed E-state index contributed by atoms with van der Waals surface area (Å²) >= 11 is 0. The maximum absolute atomic E-state index is 12.3. The molecule has 0 aliphatic heterocycles. The number of hydrogen-bond acceptors (Lipinski definition) is 6. The van der Waals surface area contributed by atoms with Crippen LogP contribution < -0.4 is 30.6 Å². The van der Waals surface area contributed by atoms with Gasteiger partial charge in [-0.25, -0.2) is 4.79 Å². The Labute approximate surface area is 195 Å². The van der Waals surface area contributed by atoms with Crippen LogP contribution in [0.2, 0.25) is 0 Å². The van der Waals surface area contributed by atoms with Crippen molar-refractivity contribution >= 4 is 34.2 Å². The minimum absolute atomic E-state index is 0.305. The summed E-state index contributed by atoms with van der Waals surface area (Å²) in [6, 6.07) is 18.1. The number of primary amides is 1. The predicted molar refractivity (Wildman–Crippen MR) is 129 cm³/mol. The average molecular weight is 458 g/mol. The maximum Gasteiger partial charge on any atom is 0.323 e. The molecule has 0 unspecified atom stereocenters. The minimum Gasteiger partial charge on any atom is -0.493 e. The van der Waals surface area contributed by atoms with Crippen molar-refractivity contribution in [1.82, 2.24) is 4.98 Å². The van der Waals surface area contributed by atoms with Crippen molar-refractivity contribution in [2.45, 2.75) is 0 Å². The highest BCUT2D eigenvalue weighted by atomic mass is 16.5. The highest BCUT2D eigenvalue weighted by molar-refractivity contribution is 6.01. The second-order valence-electron chi connectivity index (χ2n) is 7.18. The van der Waals surface area contributed by atoms with E-state index in [0.717, 1.165) is 5.39 Å². The third-order valence-electron chi connectivity index (χ3n) is 4.95. The fourth-order valence-corrected chi connectivity index (χ4v) is 3.31. The number of benzene rings is 3. The van der Waals surface area contributed by atoms with Gasteiger partial charge in [0.15, 0.2) is 11.5 Å². The van der Waals surface area contributed by atoms with E-state index < -0.39 is 11.9 Å². The van der Waals surface area contributed by atoms with Gasteiger partial charge in [-0.15, -0.1) is 0 Å². The number of ether oxygens (including phenoxy) is 3. The lowest BCUT2D eigenvalue weighted by atomic mass is 10.2. The van der Waals surface area contributed by atoms with Gasteiger partial charge < -0.3 is 30.6 Å². The van der Waals surface area contributed by atoms with Crippen molar-refractivity contribution in [3.8, 4) is 23.0 Å². The number of rotatable bonds is 7. The van der Waals surface area contributed by atoms with Gasteiger partial charge in [-0.2, -0.15) is 0 Å². The monoisotopic (exact) mass is 458 g/mol. The van der Waals surface area contributed by atoms with Crippen LogP contribution in [0.5, 0.6) is 23.0 Å². The Kier molecular flexibility index (Phi) is 6.45. The quantitative estimate of drug-likeness (QED) is 0.366. The Morgan fingerprint density at radius 3 is 2.24 bits per heavy atom. The number of methoxy groups -OCH3 is 2. The van der Waals surface area contributed by atoms with Crippen molar-refractivity contribution < 1.29 is 23.8 Å². The number of nitrogens with one attached hydrogen (secondary N) is 2. The normalized spacial score (nSPS) is 10.4. The maximum atomic E-state index is 12.3. The van der Waals surface area contributed by atoms with Crippen LogP contribution >= 0.6 is 0 Å². The van der Waals surface area contributed by atoms with Crippen LogP contribution in [0.25, 0.3) is 10.9 Å². The molecule has 0 radical (unpaired) electrons. The predicted octanol–water partition coefficient (Wildman–Crippen LogP) is 4.79. The number of carbonyl (C=O) groups excluding carboxylic acids is 2. The van der Waals surface area contributed by atoms with E-state index in [-0.39, 0.29) is 0 Å². The van der Waals surface area contributed by atoms with Gasteiger partial charge in [0.25, 0.3) is 0 Å². The summed E-state index contributed by atoms with van der Waals surface area (Å²) < 4.78 is 16.8. The molecule has 0 fully saturated rings. The van der Waals surface area contributed by atoms with E-state index in [2.05, 4.69) is 15.6 Å². The second kappa shape index (κ2) is 9.78. The summed E-state index contributed by atoms with van der Waals surface area (Å²) in [6.07, 6.45) is 1.65. The van der Waals surface area contributed by atoms with Crippen molar-refractivity contribution in [3.63, 3.8) is 0 Å². The fraction of sp³-hybridized carbons (Fsp3) is 0.0800. The van der Waals surface area contributed by atoms with Crippen LogP contribution in [0.1, 0.15) is 10.4 Å². The van der Waals surface area contributed by atoms with E-state index in [9.17, 15) is 9.59 Å². The van der Waals surface area contributed by atoms with Crippen LogP contribution in [-0.2, 0) is 0 Å². The summed E-state index contributed by atoms with van der Waals surface area (Å²) in [4.78, 5) is 28.0. The van der Waals surface area contributed by atoms with Gasteiger partial charge in [0.2, 0.25) is 5.91 Å². The average Bonchev–Trinajstić information content (AvgIpc) is 2.84. The first-order valence-corrected chi connectivity index (χ1v) is 10.2. The molecule has 1 aromatic heterocycles. The Balaban J connectivity index is 1.46. The number of amides is 3. The molecule has 9 heteroatoms. The summed E-state index contributed by atoms with van der Waals surface area (Å²) in [5, 5.41) is 6.15. The molecular formula is C25H22N4O5. The van der Waals surface area contributed by atoms with Crippen LogP contribution in [0.3, 0.4) is 0 Å². The molecule has 0 aliphatic rings. The molecule has 172 valence electrons. The van der Waals surface area contributed by atoms with Gasteiger partial charge in [0.1, 0.15) is 11.5 Å². The first-order valence-electron chi connectivity index (χ1n) is 10.2. The van der Waals surface area contributed by atoms with Crippen molar-refractivity contribution in [2.75, 3.05) is 24.9 Å². The van der Waals surface area contributed by atoms with Gasteiger partial charge in [0, 0.05) is 34.6 Å². The van der Waals surface area contributed by atoms with Crippen molar-refractivity contribution in [3.05, 3.63) is 78.5 Å². The molecule has 0 saturated heterocycles. The zero-order valence-electron chi connectivity index (χ0n) is 18.5. The van der Waals surface area contributed by atoms with E-state index in [1.165, 1.54) is 6.07 Å². The Bertz CT molecular complexity index is 1360. The largest absolute Gasteiger partial charge is 0.493 e. The SMILES string of the molecule is COc1cc2nccc(Oc3ccc(NC(=O)Nc4cccc(C(N)=O)c4)cc3)c2cc1OC. The molecule has 9 nitrogen and oxygen atoms in total. The molecule has 0 bridgehead atoms. The zero-order valence-corrected chi connectivity index (χ0v) is 18.5. The number of nitrogens with zero attached hydrogens (tertiary/aromatic N) is 1. The smallest absolute Gasteiger partial charge is 0.323 e. The first-order chi connectivity index (χ1) is 16.5. The molecule has 0 saturated carbocycles. The number of hydrogen-bond donors (Lipinski definition) is 3. The summed E-state index contributed by atoms with van der Waals surface area (Å²) in [6.45, 7) is 0. The highest BCUT2D eigenvalue weighted by Gasteiger charge is 2.12. The number of aromatic nitrogens is 1. The molecule has 0 spiro atoms. The van der Waals surface area contributed by atoms with E-state index >= 15 is 0 Å². The lowest BCUT2D eigenvalue weighted by Gasteiger charge is -2.13. The number of pyridine rings is 1. The third kappa shape index (κ3) is 4.99. The van der Waals surface area contributed by atoms with Crippen molar-refractivity contribution in [2.24, 2.45) is 5.73 Å². The fourth-order valence-electron chi connectivity index (χ4n) is 3.31. The van der Waals surface area contributed by atoms with E-state index in [4.69, 9.17) is 19.9 Å². The Hall–Kier alpha value is -4.79. The van der Waals surface area contributed by atoms with E-state index in [1.807, 2.05) is 6.07 Å². The minimum atomic E-state index is -0.570. The molecule has 34 heavy (non-hydrogen) atoms. The molecule has 0 atom stereocenters. The van der Waals surface area contributed by atoms with Crippen LogP contribution in [0.4, 0.5) is 16.2 Å². The van der Waals surface area contributed by atoms with Gasteiger partial charge >= 0.3 is 6.03 Å². The Morgan fingerprint density at radius 1 is 0.824 bits per heavy atom. The molecule has 0 aliphatic carbocycles. The number of anilines is 2. The van der Waals surface area contributed by atoms with E-state index in [0.29, 0.717) is 45.5 Å². The molecular weight excluding hydrogens is 436 g/mol. The van der Waals surface area contributed by atoms with Gasteiger partial charge in [-0.1, -0.05) is 6.07 Å². The van der Waals surface area contributed by atoms with Crippen molar-refractivity contribution in [1.29, 1.82) is 0 Å². The van der Waals surface area contributed by atoms with Gasteiger partial charge in [0.05, 0.1) is 19.7 Å². The molecule has 4 rings (SSSR count). The molecule has 3 amide bonds. The standard InChI is InChI=1S/C25H22N4O5/c1-32-22-13-19-20(14-23(22)33-2)27-11-10-21(19)34-18-8-6-16(7-9-18)28-25(31)29-17-5-3-4-15(12-17)24(26)30/h3-14H,1-2H3,(H2,26,30)(H2,28,29,31). The highest BCUT2D eigenvalue weighted by Crippen LogP contribution is 2.37. The van der Waals surface area contributed by atoms with Crippen LogP contribution in [0.15, 0.2) is 72.9 Å². The summed E-state index contributed by atoms with van der Waals surface area (Å²) in [5.41, 5.74) is 7.28. The van der Waals surface area contributed by atoms with Gasteiger partial charge in [-0.05, 0) is 54.6 Å². The van der Waals surface area contributed by atoms with Crippen LogP contribution in [0, 0.1) is 0 Å². The lowest BCUT2D eigenvalue weighted by molar-refractivity contribution is 0.1000. The topological polar surface area (TPSA) is 125 Å². The number of carbonyl (C=O) groups is 2. The van der Waals surface area contributed by atoms with Crippen LogP contribution in [-0.4, -0.2) is 31.1 Å². The molecule has 4 N–H and O–H groups in total. The molecule has 4 aromatic rings. The Morgan fingerprint density at radius 2 is 1.53 bits per heavy atom. The molecule has 3 aromatic carbocycles. The number of urea groups is 1. The lowest BCUT2D eigenvalue weighted by Crippen LogP contribution is -2.20. The first kappa shape index (κ1) is 22.4. The number of nitrogens with two attached hydrogens (primary N) is 1. The van der Waals surface area contributed by atoms with E-state index in [1.54, 1.807) is 75.0 Å². The second-order valence-corrected chi connectivity index (χ2v) is 7.18. The zero-order chi connectivity index (χ0) is 24.1. The molecule has 1 heterocycles. The summed E-state index contributed by atoms with van der Waals surface area (Å²) in [5.74, 6) is 1.75.